The summed E-state index contributed by atoms with van der Waals surface area (Å²) in [4.78, 5) is 5.10. The van der Waals surface area contributed by atoms with Gasteiger partial charge in [0.15, 0.2) is 8.07 Å². The quantitative estimate of drug-likeness (QED) is 0.279. The second kappa shape index (κ2) is 6.66. The summed E-state index contributed by atoms with van der Waals surface area (Å²) in [6, 6.07) is 34.9. The molecule has 0 radical (unpaired) electrons. The zero-order valence-corrected chi connectivity index (χ0v) is 19.8. The Bertz CT molecular complexity index is 1710. The van der Waals surface area contributed by atoms with E-state index in [0.717, 1.165) is 11.7 Å². The van der Waals surface area contributed by atoms with E-state index in [9.17, 15) is 0 Å². The molecule has 0 amide bonds. The molecule has 1 unspecified atom stereocenters. The van der Waals surface area contributed by atoms with Crippen LogP contribution in [0.15, 0.2) is 97.2 Å². The molecule has 6 aromatic rings. The predicted molar refractivity (Wildman–Crippen MR) is 141 cm³/mol. The van der Waals surface area contributed by atoms with Crippen molar-refractivity contribution in [2.24, 2.45) is 0 Å². The van der Waals surface area contributed by atoms with Crippen LogP contribution >= 0.6 is 0 Å². The molecule has 0 N–H and O–H groups in total. The highest BCUT2D eigenvalue weighted by Gasteiger charge is 2.45. The largest absolute Gasteiger partial charge is 0.299 e. The fourth-order valence-electron chi connectivity index (χ4n) is 6.11. The summed E-state index contributed by atoms with van der Waals surface area (Å²) in [6.45, 7) is 4.45. The average Bonchev–Trinajstić information content (AvgIpc) is 3.31. The van der Waals surface area contributed by atoms with Gasteiger partial charge in [-0.15, -0.1) is 0 Å². The van der Waals surface area contributed by atoms with Gasteiger partial charge in [-0.3, -0.25) is 4.40 Å². The summed E-state index contributed by atoms with van der Waals surface area (Å²) in [5, 5.41) is 8.21. The molecule has 3 heterocycles. The van der Waals surface area contributed by atoms with E-state index in [1.807, 2.05) is 0 Å². The lowest BCUT2D eigenvalue weighted by molar-refractivity contribution is 1.21. The molecule has 0 fully saturated rings. The molecule has 3 heteroatoms. The van der Waals surface area contributed by atoms with Crippen molar-refractivity contribution >= 4 is 51.1 Å². The van der Waals surface area contributed by atoms with Crippen LogP contribution < -0.4 is 15.7 Å². The van der Waals surface area contributed by atoms with Gasteiger partial charge in [0, 0.05) is 22.3 Å². The number of benzene rings is 4. The number of hydrogen-bond acceptors (Lipinski definition) is 1. The van der Waals surface area contributed by atoms with Crippen molar-refractivity contribution in [2.45, 2.75) is 19.9 Å². The van der Waals surface area contributed by atoms with E-state index in [1.54, 1.807) is 0 Å². The lowest BCUT2D eigenvalue weighted by atomic mass is 9.99. The van der Waals surface area contributed by atoms with Gasteiger partial charge in [-0.05, 0) is 46.8 Å². The molecule has 33 heavy (non-hydrogen) atoms. The van der Waals surface area contributed by atoms with Crippen molar-refractivity contribution in [3.63, 3.8) is 0 Å². The maximum Gasteiger partial charge on any atom is 0.175 e. The molecular weight excluding hydrogens is 416 g/mol. The smallest absolute Gasteiger partial charge is 0.175 e. The lowest BCUT2D eigenvalue weighted by Gasteiger charge is -2.37. The number of imidazole rings is 1. The second-order valence-corrected chi connectivity index (χ2v) is 13.3. The Morgan fingerprint density at radius 3 is 2.33 bits per heavy atom. The highest BCUT2D eigenvalue weighted by Crippen LogP contribution is 2.36. The normalized spacial score (nSPS) is 17.4. The first-order chi connectivity index (χ1) is 16.2. The third kappa shape index (κ3) is 2.40. The van der Waals surface area contributed by atoms with Gasteiger partial charge < -0.3 is 0 Å². The minimum atomic E-state index is -2.34. The van der Waals surface area contributed by atoms with E-state index in [1.165, 1.54) is 54.1 Å². The van der Waals surface area contributed by atoms with Crippen molar-refractivity contribution in [2.75, 3.05) is 0 Å². The molecule has 0 saturated carbocycles. The van der Waals surface area contributed by atoms with Gasteiger partial charge in [0.25, 0.3) is 0 Å². The molecule has 0 bridgehead atoms. The first-order valence-corrected chi connectivity index (χ1v) is 13.8. The van der Waals surface area contributed by atoms with Gasteiger partial charge in [-0.1, -0.05) is 96.6 Å². The number of nitrogens with zero attached hydrogens (tertiary/aromatic N) is 2. The summed E-state index contributed by atoms with van der Waals surface area (Å²) in [5.74, 6) is 0. The van der Waals surface area contributed by atoms with Gasteiger partial charge in [0.05, 0.1) is 5.52 Å². The van der Waals surface area contributed by atoms with Crippen LogP contribution in [-0.2, 0) is 6.04 Å². The van der Waals surface area contributed by atoms with E-state index in [0.29, 0.717) is 0 Å². The van der Waals surface area contributed by atoms with Crippen molar-refractivity contribution in [3.8, 4) is 0 Å². The van der Waals surface area contributed by atoms with Crippen LogP contribution in [0.3, 0.4) is 0 Å². The van der Waals surface area contributed by atoms with Gasteiger partial charge in [0.1, 0.15) is 5.65 Å². The maximum absolute atomic E-state index is 5.10. The van der Waals surface area contributed by atoms with Gasteiger partial charge in [0.2, 0.25) is 0 Å². The first kappa shape index (κ1) is 18.8. The summed E-state index contributed by atoms with van der Waals surface area (Å²) in [7, 11) is -2.34. The molecule has 2 aromatic heterocycles. The van der Waals surface area contributed by atoms with E-state index < -0.39 is 8.07 Å². The van der Waals surface area contributed by atoms with Crippen LogP contribution in [0.2, 0.25) is 0 Å². The first-order valence-electron chi connectivity index (χ1n) is 11.6. The Morgan fingerprint density at radius 1 is 0.758 bits per heavy atom. The fraction of sp³-hybridized carbons (Fsp3) is 0.100. The van der Waals surface area contributed by atoms with Crippen molar-refractivity contribution in [1.29, 1.82) is 0 Å². The number of pyridine rings is 1. The highest BCUT2D eigenvalue weighted by atomic mass is 28.3. The van der Waals surface area contributed by atoms with Crippen molar-refractivity contribution < 1.29 is 0 Å². The monoisotopic (exact) mass is 440 g/mol. The predicted octanol–water partition coefficient (Wildman–Crippen LogP) is 4.82. The Labute approximate surface area is 194 Å². The van der Waals surface area contributed by atoms with Crippen molar-refractivity contribution in [3.05, 3.63) is 114 Å². The Kier molecular flexibility index (Phi) is 3.80. The van der Waals surface area contributed by atoms with E-state index in [4.69, 9.17) is 4.98 Å². The van der Waals surface area contributed by atoms with Crippen LogP contribution in [0.25, 0.3) is 27.3 Å². The Hall–Kier alpha value is -3.69. The number of hydrogen-bond donors (Lipinski definition) is 0. The van der Waals surface area contributed by atoms with Crippen molar-refractivity contribution in [1.82, 2.24) is 9.38 Å². The zero-order chi connectivity index (χ0) is 22.2. The zero-order valence-electron chi connectivity index (χ0n) is 18.8. The molecule has 0 saturated heterocycles. The van der Waals surface area contributed by atoms with E-state index >= 15 is 0 Å². The van der Waals surface area contributed by atoms with E-state index in [2.05, 4.69) is 115 Å². The van der Waals surface area contributed by atoms with Crippen LogP contribution in [0.1, 0.15) is 16.7 Å². The minimum Gasteiger partial charge on any atom is -0.299 e. The molecule has 2 nitrogen and oxygen atoms in total. The lowest BCUT2D eigenvalue weighted by Crippen LogP contribution is -2.71. The summed E-state index contributed by atoms with van der Waals surface area (Å²) in [6.07, 6.45) is 2.19. The van der Waals surface area contributed by atoms with Crippen LogP contribution in [0.5, 0.6) is 0 Å². The molecule has 4 aromatic carbocycles. The third-order valence-electron chi connectivity index (χ3n) is 7.56. The second-order valence-electron chi connectivity index (χ2n) is 9.43. The number of aryl methyl sites for hydroxylation is 2. The van der Waals surface area contributed by atoms with Crippen LogP contribution in [0, 0.1) is 13.8 Å². The average molecular weight is 441 g/mol. The van der Waals surface area contributed by atoms with Gasteiger partial charge in [-0.25, -0.2) is 4.98 Å². The highest BCUT2D eigenvalue weighted by molar-refractivity contribution is 7.11. The van der Waals surface area contributed by atoms with Gasteiger partial charge in [-0.2, -0.15) is 0 Å². The number of aromatic nitrogens is 2. The molecule has 0 spiro atoms. The topological polar surface area (TPSA) is 17.3 Å². The molecule has 1 aliphatic rings. The molecule has 158 valence electrons. The van der Waals surface area contributed by atoms with Crippen LogP contribution in [-0.4, -0.2) is 17.5 Å². The van der Waals surface area contributed by atoms with Crippen LogP contribution in [0.4, 0.5) is 0 Å². The molecule has 7 rings (SSSR count). The minimum absolute atomic E-state index is 1.05. The van der Waals surface area contributed by atoms with E-state index in [-0.39, 0.29) is 0 Å². The fourth-order valence-corrected chi connectivity index (χ4v) is 11.0. The Balaban J connectivity index is 1.73. The number of fused-ring (bicyclic) bond motifs is 3. The SMILES string of the molecule is Cc1cccc([Si]2(c3ccccc3)Cc3ccc(C)c4c5ccccc5c5ncc2n5c34)c1. The third-order valence-corrected chi connectivity index (χ3v) is 12.3. The molecule has 1 atom stereocenters. The molecular formula is C30H24N2Si. The number of rotatable bonds is 2. The maximum atomic E-state index is 5.10. The summed E-state index contributed by atoms with van der Waals surface area (Å²) in [5.41, 5.74) is 6.52. The van der Waals surface area contributed by atoms with Gasteiger partial charge >= 0.3 is 0 Å². The standard InChI is InChI=1S/C30H24N2Si/c1-20-9-8-12-24(17-20)33(23-10-4-3-5-11-23)19-22-16-15-21(2)28-25-13-6-7-14-26(25)30-31-18-27(33)32(30)29(22)28/h3-18H,19H2,1-2H3. The molecule has 0 aliphatic carbocycles. The summed E-state index contributed by atoms with van der Waals surface area (Å²) >= 11 is 0. The Morgan fingerprint density at radius 2 is 1.52 bits per heavy atom. The summed E-state index contributed by atoms with van der Waals surface area (Å²) < 4.78 is 2.52. The molecule has 1 aliphatic heterocycles.